The molecule has 0 heterocycles. The third-order valence-corrected chi connectivity index (χ3v) is 1.08. The largest absolute Gasteiger partial charge is 0.784 e. The van der Waals surface area contributed by atoms with E-state index in [1.165, 1.54) is 7.05 Å². The lowest BCUT2D eigenvalue weighted by Gasteiger charge is -2.45. The summed E-state index contributed by atoms with van der Waals surface area (Å²) in [6, 6.07) is 0. The smallest absolute Gasteiger partial charge is 0.0276 e. The lowest BCUT2D eigenvalue weighted by Crippen LogP contribution is -2.41. The second kappa shape index (κ2) is 3.30. The van der Waals surface area contributed by atoms with Crippen LogP contribution in [0.5, 0.6) is 0 Å². The van der Waals surface area contributed by atoms with Gasteiger partial charge < -0.3 is 20.5 Å². The zero-order valence-corrected chi connectivity index (χ0v) is 6.92. The maximum absolute atomic E-state index is 11.0. The van der Waals surface area contributed by atoms with Gasteiger partial charge in [0.25, 0.3) is 0 Å². The van der Waals surface area contributed by atoms with Gasteiger partial charge in [0.05, 0.1) is 0 Å². The molecule has 0 atom stereocenters. The van der Waals surface area contributed by atoms with Gasteiger partial charge >= 0.3 is 0 Å². The first-order valence-electron chi connectivity index (χ1n) is 3.17. The topological polar surface area (TPSA) is 52.6 Å². The highest BCUT2D eigenvalue weighted by molar-refractivity contribution is 4.75. The van der Waals surface area contributed by atoms with Crippen LogP contribution < -0.4 is 0 Å². The first kappa shape index (κ1) is 9.84. The molecule has 0 aliphatic heterocycles. The van der Waals surface area contributed by atoms with Gasteiger partial charge in [-0.1, -0.05) is 0 Å². The normalized spacial score (nSPS) is 13.2. The lowest BCUT2D eigenvalue weighted by atomic mass is 10.1. The Morgan fingerprint density at radius 1 is 1.20 bits per heavy atom. The van der Waals surface area contributed by atoms with Crippen LogP contribution in [0.25, 0.3) is 0 Å². The van der Waals surface area contributed by atoms with E-state index in [4.69, 9.17) is 0 Å². The Balaban J connectivity index is 3.73. The number of nitrogens with zero attached hydrogens (tertiary/aromatic N) is 2. The Morgan fingerprint density at radius 2 is 1.60 bits per heavy atom. The summed E-state index contributed by atoms with van der Waals surface area (Å²) in [5.41, 5.74) is -0.474. The van der Waals surface area contributed by atoms with E-state index in [0.29, 0.717) is 5.06 Å². The molecule has 0 saturated carbocycles. The van der Waals surface area contributed by atoms with Gasteiger partial charge in [0, 0.05) is 12.2 Å². The van der Waals surface area contributed by atoms with Crippen molar-refractivity contribution in [1.29, 1.82) is 0 Å². The predicted octanol–water partition coefficient (Wildman–Crippen LogP) is 0.972. The molecule has 0 unspecified atom stereocenters. The summed E-state index contributed by atoms with van der Waals surface area (Å²) in [5, 5.41) is 22.7. The van der Waals surface area contributed by atoms with Gasteiger partial charge in [0.2, 0.25) is 0 Å². The second-order valence-electron chi connectivity index (χ2n) is 3.32. The van der Waals surface area contributed by atoms with E-state index in [-0.39, 0.29) is 6.67 Å². The zero-order chi connectivity index (χ0) is 8.36. The average Bonchev–Trinajstić information content (AvgIpc) is 1.60. The van der Waals surface area contributed by atoms with Gasteiger partial charge in [-0.05, 0) is 27.8 Å². The summed E-state index contributed by atoms with van der Waals surface area (Å²) in [6.07, 6.45) is 0. The van der Waals surface area contributed by atoms with Crippen LogP contribution in [0.15, 0.2) is 0 Å². The van der Waals surface area contributed by atoms with E-state index in [0.717, 1.165) is 5.06 Å². The molecule has 0 aromatic heterocycles. The molecule has 0 aromatic carbocycles. The summed E-state index contributed by atoms with van der Waals surface area (Å²) < 4.78 is 0. The Morgan fingerprint density at radius 3 is 1.70 bits per heavy atom. The predicted molar refractivity (Wildman–Crippen MR) is 41.0 cm³/mol. The Labute approximate surface area is 61.6 Å². The summed E-state index contributed by atoms with van der Waals surface area (Å²) in [5.74, 6) is 0. The van der Waals surface area contributed by atoms with E-state index in [1.807, 2.05) is 0 Å². The van der Waals surface area contributed by atoms with Gasteiger partial charge in [-0.25, -0.2) is 0 Å². The fourth-order valence-corrected chi connectivity index (χ4v) is 0.393. The maximum atomic E-state index is 11.0. The van der Waals surface area contributed by atoms with Gasteiger partial charge in [-0.15, -0.1) is 0 Å². The molecule has 10 heavy (non-hydrogen) atoms. The molecule has 4 heteroatoms. The van der Waals surface area contributed by atoms with Crippen molar-refractivity contribution in [3.63, 3.8) is 0 Å². The van der Waals surface area contributed by atoms with Crippen LogP contribution in [0.2, 0.25) is 0 Å². The fourth-order valence-electron chi connectivity index (χ4n) is 0.393. The van der Waals surface area contributed by atoms with Crippen molar-refractivity contribution in [2.45, 2.75) is 26.3 Å². The van der Waals surface area contributed by atoms with Crippen LogP contribution in [0.4, 0.5) is 0 Å². The molecule has 0 rings (SSSR count). The van der Waals surface area contributed by atoms with E-state index in [9.17, 15) is 10.4 Å². The monoisotopic (exact) mass is 146 g/mol. The molecular formula is C6H14N2O2-2. The molecule has 0 aliphatic carbocycles. The minimum Gasteiger partial charge on any atom is -0.784 e. The number of hydrogen-bond donors (Lipinski definition) is 0. The summed E-state index contributed by atoms with van der Waals surface area (Å²) in [7, 11) is 1.33. The summed E-state index contributed by atoms with van der Waals surface area (Å²) in [4.78, 5) is 0. The third-order valence-electron chi connectivity index (χ3n) is 1.08. The molecule has 0 saturated heterocycles. The zero-order valence-electron chi connectivity index (χ0n) is 6.92. The number of hydroxylamine groups is 4. The molecule has 0 aliphatic rings. The quantitative estimate of drug-likeness (QED) is 0.430. The highest BCUT2D eigenvalue weighted by Crippen LogP contribution is 2.10. The van der Waals surface area contributed by atoms with Crippen molar-refractivity contribution >= 4 is 0 Å². The van der Waals surface area contributed by atoms with Crippen LogP contribution >= 0.6 is 0 Å². The third kappa shape index (κ3) is 3.79. The first-order chi connectivity index (χ1) is 4.34. The van der Waals surface area contributed by atoms with Gasteiger partial charge in [-0.2, -0.15) is 0 Å². The minimum atomic E-state index is -0.474. The highest BCUT2D eigenvalue weighted by atomic mass is 16.5. The van der Waals surface area contributed by atoms with Crippen molar-refractivity contribution < 1.29 is 0 Å². The molecule has 4 nitrogen and oxygen atoms in total. The van der Waals surface area contributed by atoms with E-state index < -0.39 is 5.54 Å². The van der Waals surface area contributed by atoms with Crippen LogP contribution in [-0.2, 0) is 0 Å². The molecule has 0 fully saturated rings. The maximum Gasteiger partial charge on any atom is 0.0276 e. The second-order valence-corrected chi connectivity index (χ2v) is 3.32. The molecule has 0 bridgehead atoms. The summed E-state index contributed by atoms with van der Waals surface area (Å²) >= 11 is 0. The molecular weight excluding hydrogens is 132 g/mol. The van der Waals surface area contributed by atoms with Crippen LogP contribution in [0.3, 0.4) is 0 Å². The van der Waals surface area contributed by atoms with Crippen molar-refractivity contribution in [3.05, 3.63) is 10.4 Å². The van der Waals surface area contributed by atoms with Crippen molar-refractivity contribution in [2.75, 3.05) is 13.7 Å². The number of hydrogen-bond acceptors (Lipinski definition) is 4. The standard InChI is InChI=1S/C6H14N2O2/c1-6(2,3)8(10)5-7(4)9/h5H2,1-4H3/q-2. The van der Waals surface area contributed by atoms with Gasteiger partial charge in [0.1, 0.15) is 0 Å². The molecule has 0 radical (unpaired) electrons. The van der Waals surface area contributed by atoms with Gasteiger partial charge in [-0.3, -0.25) is 0 Å². The minimum absolute atomic E-state index is 0.0938. The van der Waals surface area contributed by atoms with Crippen LogP contribution in [0, 0.1) is 10.4 Å². The lowest BCUT2D eigenvalue weighted by molar-refractivity contribution is 0.146. The molecule has 0 aromatic rings. The van der Waals surface area contributed by atoms with Crippen molar-refractivity contribution in [3.8, 4) is 0 Å². The first-order valence-corrected chi connectivity index (χ1v) is 3.17. The Bertz CT molecular complexity index is 98.4. The van der Waals surface area contributed by atoms with Crippen molar-refractivity contribution in [2.24, 2.45) is 0 Å². The highest BCUT2D eigenvalue weighted by Gasteiger charge is 2.10. The van der Waals surface area contributed by atoms with E-state index >= 15 is 0 Å². The van der Waals surface area contributed by atoms with E-state index in [1.54, 1.807) is 20.8 Å². The van der Waals surface area contributed by atoms with E-state index in [2.05, 4.69) is 0 Å². The number of rotatable bonds is 2. The Kier molecular flexibility index (Phi) is 3.24. The Hall–Kier alpha value is -0.160. The van der Waals surface area contributed by atoms with Gasteiger partial charge in [0.15, 0.2) is 0 Å². The average molecular weight is 146 g/mol. The molecule has 0 N–H and O–H groups in total. The van der Waals surface area contributed by atoms with Crippen LogP contribution in [0.1, 0.15) is 20.8 Å². The summed E-state index contributed by atoms with van der Waals surface area (Å²) in [6.45, 7) is 5.21. The fraction of sp³-hybridized carbons (Fsp3) is 1.00. The molecule has 62 valence electrons. The SMILES string of the molecule is CN([O-])CN([O-])C(C)(C)C. The van der Waals surface area contributed by atoms with Crippen LogP contribution in [-0.4, -0.2) is 29.4 Å². The van der Waals surface area contributed by atoms with Crippen molar-refractivity contribution in [1.82, 2.24) is 10.1 Å². The molecule has 0 spiro atoms. The molecule has 0 amide bonds.